The predicted octanol–water partition coefficient (Wildman–Crippen LogP) is 3.40. The highest BCUT2D eigenvalue weighted by Gasteiger charge is 2.32. The number of aliphatic hydroxyl groups excluding tert-OH is 1. The standard InChI is InChI=1S/C17H23F3N2O4/c1-10(2)7-12(8-23)21-16(24)26-14-6-5-13(11-3-4-11)15(22-14)25-9-17(18,19)20/h5-6,10-12,23H,3-4,7-9H2,1-2H3,(H,21,24)/t12-/m0/s1. The lowest BCUT2D eigenvalue weighted by Crippen LogP contribution is -2.40. The molecule has 2 N–H and O–H groups in total. The van der Waals surface area contributed by atoms with E-state index in [1.807, 2.05) is 13.8 Å². The van der Waals surface area contributed by atoms with Gasteiger partial charge in [-0.25, -0.2) is 4.79 Å². The highest BCUT2D eigenvalue weighted by molar-refractivity contribution is 5.70. The zero-order valence-corrected chi connectivity index (χ0v) is 14.7. The number of rotatable bonds is 8. The fraction of sp³-hybridized carbons (Fsp3) is 0.647. The van der Waals surface area contributed by atoms with Gasteiger partial charge in [-0.3, -0.25) is 0 Å². The second kappa shape index (κ2) is 8.57. The van der Waals surface area contributed by atoms with Gasteiger partial charge in [-0.2, -0.15) is 18.2 Å². The number of aliphatic hydroxyl groups is 1. The van der Waals surface area contributed by atoms with Crippen LogP contribution in [-0.2, 0) is 0 Å². The van der Waals surface area contributed by atoms with Gasteiger partial charge in [-0.15, -0.1) is 0 Å². The van der Waals surface area contributed by atoms with Crippen LogP contribution in [0.25, 0.3) is 0 Å². The molecule has 1 atom stereocenters. The van der Waals surface area contributed by atoms with E-state index in [1.165, 1.54) is 6.07 Å². The van der Waals surface area contributed by atoms with Crippen LogP contribution in [0.15, 0.2) is 12.1 Å². The minimum Gasteiger partial charge on any atom is -0.468 e. The fourth-order valence-corrected chi connectivity index (χ4v) is 2.50. The van der Waals surface area contributed by atoms with E-state index in [1.54, 1.807) is 6.07 Å². The Balaban J connectivity index is 2.03. The van der Waals surface area contributed by atoms with Gasteiger partial charge in [0, 0.05) is 11.6 Å². The molecule has 146 valence electrons. The summed E-state index contributed by atoms with van der Waals surface area (Å²) in [5.74, 6) is 0.0468. The molecule has 1 aliphatic rings. The van der Waals surface area contributed by atoms with E-state index < -0.39 is 24.9 Å². The van der Waals surface area contributed by atoms with Crippen LogP contribution >= 0.6 is 0 Å². The van der Waals surface area contributed by atoms with Crippen LogP contribution in [-0.4, -0.2) is 41.6 Å². The first-order chi connectivity index (χ1) is 12.2. The molecule has 1 saturated carbocycles. The summed E-state index contributed by atoms with van der Waals surface area (Å²) in [5, 5.41) is 11.8. The van der Waals surface area contributed by atoms with Crippen molar-refractivity contribution in [1.29, 1.82) is 0 Å². The third-order valence-electron chi connectivity index (χ3n) is 3.75. The van der Waals surface area contributed by atoms with Crippen molar-refractivity contribution in [3.8, 4) is 11.8 Å². The number of ether oxygens (including phenoxy) is 2. The lowest BCUT2D eigenvalue weighted by molar-refractivity contribution is -0.154. The Kier molecular flexibility index (Phi) is 6.69. The maximum atomic E-state index is 12.4. The van der Waals surface area contributed by atoms with Gasteiger partial charge in [0.05, 0.1) is 12.6 Å². The van der Waals surface area contributed by atoms with Gasteiger partial charge >= 0.3 is 12.3 Å². The molecule has 1 amide bonds. The summed E-state index contributed by atoms with van der Waals surface area (Å²) in [6, 6.07) is 2.51. The maximum absolute atomic E-state index is 12.4. The lowest BCUT2D eigenvalue weighted by atomic mass is 10.0. The van der Waals surface area contributed by atoms with Gasteiger partial charge in [0.15, 0.2) is 6.61 Å². The molecule has 26 heavy (non-hydrogen) atoms. The summed E-state index contributed by atoms with van der Waals surface area (Å²) in [7, 11) is 0. The SMILES string of the molecule is CC(C)C[C@@H](CO)NC(=O)Oc1ccc(C2CC2)c(OCC(F)(F)F)n1. The van der Waals surface area contributed by atoms with Gasteiger partial charge in [0.1, 0.15) is 0 Å². The van der Waals surface area contributed by atoms with Crippen LogP contribution in [0.2, 0.25) is 0 Å². The topological polar surface area (TPSA) is 80.7 Å². The Morgan fingerprint density at radius 3 is 2.62 bits per heavy atom. The number of alkyl halides is 3. The highest BCUT2D eigenvalue weighted by Crippen LogP contribution is 2.44. The minimum absolute atomic E-state index is 0.124. The van der Waals surface area contributed by atoms with Crippen molar-refractivity contribution in [2.75, 3.05) is 13.2 Å². The molecular formula is C17H23F3N2O4. The number of hydrogen-bond donors (Lipinski definition) is 2. The predicted molar refractivity (Wildman–Crippen MR) is 87.3 cm³/mol. The van der Waals surface area contributed by atoms with Crippen LogP contribution in [0.3, 0.4) is 0 Å². The number of carbonyl (C=O) groups excluding carboxylic acids is 1. The molecule has 1 aromatic heterocycles. The molecule has 0 saturated heterocycles. The summed E-state index contributed by atoms with van der Waals surface area (Å²) in [5.41, 5.74) is 0.579. The van der Waals surface area contributed by atoms with Crippen molar-refractivity contribution < 1.29 is 32.5 Å². The second-order valence-electron chi connectivity index (χ2n) is 6.76. The fourth-order valence-electron chi connectivity index (χ4n) is 2.50. The summed E-state index contributed by atoms with van der Waals surface area (Å²) in [6.07, 6.45) is -3.05. The molecule has 2 rings (SSSR count). The van der Waals surface area contributed by atoms with Gasteiger partial charge in [-0.05, 0) is 37.2 Å². The average Bonchev–Trinajstić information content (AvgIpc) is 3.36. The number of halogens is 3. The Morgan fingerprint density at radius 2 is 2.08 bits per heavy atom. The van der Waals surface area contributed by atoms with Gasteiger partial charge in [0.2, 0.25) is 11.8 Å². The molecule has 0 spiro atoms. The summed E-state index contributed by atoms with van der Waals surface area (Å²) in [6.45, 7) is 2.17. The maximum Gasteiger partial charge on any atom is 0.422 e. The first kappa shape index (κ1) is 20.3. The van der Waals surface area contributed by atoms with Crippen molar-refractivity contribution >= 4 is 6.09 Å². The van der Waals surface area contributed by atoms with Crippen LogP contribution < -0.4 is 14.8 Å². The summed E-state index contributed by atoms with van der Waals surface area (Å²) in [4.78, 5) is 15.8. The monoisotopic (exact) mass is 376 g/mol. The zero-order valence-electron chi connectivity index (χ0n) is 14.7. The van der Waals surface area contributed by atoms with Gasteiger partial charge < -0.3 is 19.9 Å². The number of carbonyl (C=O) groups is 1. The summed E-state index contributed by atoms with van der Waals surface area (Å²) < 4.78 is 47.1. The Morgan fingerprint density at radius 1 is 1.38 bits per heavy atom. The summed E-state index contributed by atoms with van der Waals surface area (Å²) >= 11 is 0. The van der Waals surface area contributed by atoms with E-state index >= 15 is 0 Å². The first-order valence-electron chi connectivity index (χ1n) is 8.47. The quantitative estimate of drug-likeness (QED) is 0.727. The Hall–Kier alpha value is -2.03. The molecule has 0 radical (unpaired) electrons. The van der Waals surface area contributed by atoms with E-state index in [2.05, 4.69) is 10.3 Å². The van der Waals surface area contributed by atoms with Crippen LogP contribution in [0, 0.1) is 5.92 Å². The smallest absolute Gasteiger partial charge is 0.422 e. The Bertz CT molecular complexity index is 619. The zero-order chi connectivity index (χ0) is 19.3. The van der Waals surface area contributed by atoms with E-state index in [-0.39, 0.29) is 30.2 Å². The Labute approximate surface area is 149 Å². The first-order valence-corrected chi connectivity index (χ1v) is 8.47. The molecule has 0 aliphatic heterocycles. The largest absolute Gasteiger partial charge is 0.468 e. The molecule has 0 unspecified atom stereocenters. The average molecular weight is 376 g/mol. The molecule has 0 aromatic carbocycles. The molecule has 1 fully saturated rings. The molecule has 0 bridgehead atoms. The van der Waals surface area contributed by atoms with Crippen LogP contribution in [0.1, 0.15) is 44.6 Å². The molecule has 6 nitrogen and oxygen atoms in total. The molecule has 1 aliphatic carbocycles. The normalized spacial score (nSPS) is 15.7. The third-order valence-corrected chi connectivity index (χ3v) is 3.75. The van der Waals surface area contributed by atoms with Crippen LogP contribution in [0.4, 0.5) is 18.0 Å². The van der Waals surface area contributed by atoms with Crippen LogP contribution in [0.5, 0.6) is 11.8 Å². The van der Waals surface area contributed by atoms with E-state index in [0.717, 1.165) is 12.8 Å². The van der Waals surface area contributed by atoms with Crippen molar-refractivity contribution in [2.45, 2.75) is 51.2 Å². The van der Waals surface area contributed by atoms with Gasteiger partial charge in [-0.1, -0.05) is 13.8 Å². The number of amides is 1. The lowest BCUT2D eigenvalue weighted by Gasteiger charge is -2.18. The number of nitrogens with one attached hydrogen (secondary N) is 1. The highest BCUT2D eigenvalue weighted by atomic mass is 19.4. The number of hydrogen-bond acceptors (Lipinski definition) is 5. The van der Waals surface area contributed by atoms with Crippen molar-refractivity contribution in [1.82, 2.24) is 10.3 Å². The van der Waals surface area contributed by atoms with Crippen molar-refractivity contribution in [3.05, 3.63) is 17.7 Å². The van der Waals surface area contributed by atoms with Crippen molar-refractivity contribution in [3.63, 3.8) is 0 Å². The molecule has 1 heterocycles. The number of pyridine rings is 1. The molecule has 9 heteroatoms. The third kappa shape index (κ3) is 6.70. The number of aromatic nitrogens is 1. The van der Waals surface area contributed by atoms with E-state index in [9.17, 15) is 23.1 Å². The molecular weight excluding hydrogens is 353 g/mol. The van der Waals surface area contributed by atoms with E-state index in [0.29, 0.717) is 12.0 Å². The van der Waals surface area contributed by atoms with Crippen molar-refractivity contribution in [2.24, 2.45) is 5.92 Å². The minimum atomic E-state index is -4.48. The number of nitrogens with zero attached hydrogens (tertiary/aromatic N) is 1. The molecule has 1 aromatic rings. The second-order valence-corrected chi connectivity index (χ2v) is 6.76. The van der Waals surface area contributed by atoms with E-state index in [4.69, 9.17) is 9.47 Å². The van der Waals surface area contributed by atoms with Gasteiger partial charge in [0.25, 0.3) is 0 Å².